The number of hydrogen-bond acceptors (Lipinski definition) is 4. The average molecular weight is 357 g/mol. The van der Waals surface area contributed by atoms with Crippen LogP contribution in [0.1, 0.15) is 24.4 Å². The Balaban J connectivity index is 1.94. The van der Waals surface area contributed by atoms with Crippen molar-refractivity contribution in [1.29, 1.82) is 0 Å². The predicted octanol–water partition coefficient (Wildman–Crippen LogP) is 2.82. The minimum absolute atomic E-state index is 0.127. The van der Waals surface area contributed by atoms with E-state index >= 15 is 0 Å². The summed E-state index contributed by atoms with van der Waals surface area (Å²) in [6.07, 6.45) is 2.66. The minimum atomic E-state index is 0.127. The smallest absolute Gasteiger partial charge is 0.123 e. The van der Waals surface area contributed by atoms with Gasteiger partial charge in [0.15, 0.2) is 0 Å². The van der Waals surface area contributed by atoms with Gasteiger partial charge in [-0.3, -0.25) is 4.90 Å². The van der Waals surface area contributed by atoms with Crippen LogP contribution in [0.3, 0.4) is 0 Å². The molecule has 0 amide bonds. The molecule has 1 saturated carbocycles. The number of likely N-dealkylation sites (N-methyl/N-ethyl adjacent to an activating group) is 1. The lowest BCUT2D eigenvalue weighted by Crippen LogP contribution is -2.33. The number of halogens is 1. The van der Waals surface area contributed by atoms with Crippen molar-refractivity contribution < 1.29 is 9.47 Å². The zero-order valence-electron chi connectivity index (χ0n) is 12.8. The van der Waals surface area contributed by atoms with Crippen LogP contribution in [0.15, 0.2) is 22.7 Å². The molecule has 0 bridgehead atoms. The number of rotatable bonds is 9. The average Bonchev–Trinajstić information content (AvgIpc) is 3.29. The Bertz CT molecular complexity index is 452. The van der Waals surface area contributed by atoms with E-state index in [2.05, 4.69) is 33.9 Å². The van der Waals surface area contributed by atoms with Gasteiger partial charge < -0.3 is 15.2 Å². The fourth-order valence-corrected chi connectivity index (χ4v) is 2.79. The second-order valence-electron chi connectivity index (χ2n) is 5.64. The summed E-state index contributed by atoms with van der Waals surface area (Å²) in [6, 6.07) is 6.16. The van der Waals surface area contributed by atoms with Crippen molar-refractivity contribution in [2.75, 3.05) is 40.5 Å². The summed E-state index contributed by atoms with van der Waals surface area (Å²) in [6.45, 7) is 3.07. The molecule has 2 rings (SSSR count). The molecule has 5 heteroatoms. The Morgan fingerprint density at radius 2 is 2.19 bits per heavy atom. The number of benzene rings is 1. The molecule has 0 spiro atoms. The van der Waals surface area contributed by atoms with Gasteiger partial charge in [0.2, 0.25) is 0 Å². The molecule has 1 atom stereocenters. The third-order valence-electron chi connectivity index (χ3n) is 3.94. The number of methoxy groups -OCH3 is 1. The van der Waals surface area contributed by atoms with E-state index in [1.54, 1.807) is 7.11 Å². The Morgan fingerprint density at radius 3 is 2.81 bits per heavy atom. The van der Waals surface area contributed by atoms with Crippen LogP contribution in [0.25, 0.3) is 0 Å². The number of nitrogens with zero attached hydrogens (tertiary/aromatic N) is 1. The molecule has 0 heterocycles. The van der Waals surface area contributed by atoms with E-state index in [1.807, 2.05) is 12.1 Å². The number of ether oxygens (including phenoxy) is 2. The maximum atomic E-state index is 5.99. The fraction of sp³-hybridized carbons (Fsp3) is 0.625. The maximum Gasteiger partial charge on any atom is 0.123 e. The largest absolute Gasteiger partial charge is 0.496 e. The first-order valence-corrected chi connectivity index (χ1v) is 8.26. The standard InChI is InChI=1S/C16H25BrN2O2/c1-19(7-8-21-11-12-3-4-12)15(10-18)14-9-13(17)5-6-16(14)20-2/h5-6,9,12,15H,3-4,7-8,10-11,18H2,1-2H3. The summed E-state index contributed by atoms with van der Waals surface area (Å²) in [7, 11) is 3.78. The molecule has 1 aliphatic rings. The summed E-state index contributed by atoms with van der Waals surface area (Å²) in [4.78, 5) is 2.23. The van der Waals surface area contributed by atoms with E-state index in [0.29, 0.717) is 6.54 Å². The number of nitrogens with two attached hydrogens (primary N) is 1. The Kier molecular flexibility index (Phi) is 6.48. The summed E-state index contributed by atoms with van der Waals surface area (Å²) in [5, 5.41) is 0. The highest BCUT2D eigenvalue weighted by Crippen LogP contribution is 2.31. The van der Waals surface area contributed by atoms with Gasteiger partial charge in [0.25, 0.3) is 0 Å². The van der Waals surface area contributed by atoms with Gasteiger partial charge in [-0.25, -0.2) is 0 Å². The third-order valence-corrected chi connectivity index (χ3v) is 4.44. The lowest BCUT2D eigenvalue weighted by atomic mass is 10.0. The van der Waals surface area contributed by atoms with Gasteiger partial charge in [-0.05, 0) is 44.0 Å². The molecule has 1 fully saturated rings. The highest BCUT2D eigenvalue weighted by atomic mass is 79.9. The second kappa shape index (κ2) is 8.13. The minimum Gasteiger partial charge on any atom is -0.496 e. The van der Waals surface area contributed by atoms with Crippen LogP contribution in [-0.2, 0) is 4.74 Å². The van der Waals surface area contributed by atoms with Crippen molar-refractivity contribution in [2.45, 2.75) is 18.9 Å². The summed E-state index contributed by atoms with van der Waals surface area (Å²) >= 11 is 3.52. The molecule has 4 nitrogen and oxygen atoms in total. The third kappa shape index (κ3) is 4.95. The van der Waals surface area contributed by atoms with Crippen molar-refractivity contribution >= 4 is 15.9 Å². The van der Waals surface area contributed by atoms with E-state index in [1.165, 1.54) is 12.8 Å². The first-order valence-electron chi connectivity index (χ1n) is 7.47. The lowest BCUT2D eigenvalue weighted by Gasteiger charge is -2.28. The maximum absolute atomic E-state index is 5.99. The first kappa shape index (κ1) is 16.7. The molecule has 0 saturated heterocycles. The van der Waals surface area contributed by atoms with Crippen LogP contribution < -0.4 is 10.5 Å². The monoisotopic (exact) mass is 356 g/mol. The molecule has 1 unspecified atom stereocenters. The van der Waals surface area contributed by atoms with Gasteiger partial charge in [0.05, 0.1) is 19.8 Å². The zero-order valence-corrected chi connectivity index (χ0v) is 14.4. The van der Waals surface area contributed by atoms with Crippen molar-refractivity contribution in [1.82, 2.24) is 4.90 Å². The van der Waals surface area contributed by atoms with E-state index in [9.17, 15) is 0 Å². The van der Waals surface area contributed by atoms with Crippen LogP contribution in [0.5, 0.6) is 5.75 Å². The molecular weight excluding hydrogens is 332 g/mol. The van der Waals surface area contributed by atoms with Gasteiger partial charge in [-0.2, -0.15) is 0 Å². The van der Waals surface area contributed by atoms with E-state index in [0.717, 1.165) is 41.5 Å². The van der Waals surface area contributed by atoms with Crippen LogP contribution in [0, 0.1) is 5.92 Å². The Labute approximate surface area is 135 Å². The summed E-state index contributed by atoms with van der Waals surface area (Å²) < 4.78 is 12.2. The van der Waals surface area contributed by atoms with E-state index in [4.69, 9.17) is 15.2 Å². The molecule has 118 valence electrons. The van der Waals surface area contributed by atoms with E-state index < -0.39 is 0 Å². The molecule has 1 aromatic rings. The summed E-state index contributed by atoms with van der Waals surface area (Å²) in [5.74, 6) is 1.69. The highest BCUT2D eigenvalue weighted by molar-refractivity contribution is 9.10. The van der Waals surface area contributed by atoms with Gasteiger partial charge in [0, 0.05) is 29.7 Å². The molecule has 0 aromatic heterocycles. The molecule has 1 aliphatic carbocycles. The SMILES string of the molecule is COc1ccc(Br)cc1C(CN)N(C)CCOCC1CC1. The topological polar surface area (TPSA) is 47.7 Å². The van der Waals surface area contributed by atoms with Crippen molar-refractivity contribution in [3.63, 3.8) is 0 Å². The molecule has 1 aromatic carbocycles. The normalized spacial score (nSPS) is 16.2. The lowest BCUT2D eigenvalue weighted by molar-refractivity contribution is 0.0918. The zero-order chi connectivity index (χ0) is 15.2. The quantitative estimate of drug-likeness (QED) is 0.691. The first-order chi connectivity index (χ1) is 10.2. The van der Waals surface area contributed by atoms with Gasteiger partial charge in [-0.15, -0.1) is 0 Å². The second-order valence-corrected chi connectivity index (χ2v) is 6.55. The molecular formula is C16H25BrN2O2. The van der Waals surface area contributed by atoms with Gasteiger partial charge in [-0.1, -0.05) is 15.9 Å². The number of hydrogen-bond donors (Lipinski definition) is 1. The van der Waals surface area contributed by atoms with Gasteiger partial charge >= 0.3 is 0 Å². The molecule has 0 radical (unpaired) electrons. The Hall–Kier alpha value is -0.620. The van der Waals surface area contributed by atoms with Crippen LogP contribution in [-0.4, -0.2) is 45.4 Å². The molecule has 0 aliphatic heterocycles. The van der Waals surface area contributed by atoms with Gasteiger partial charge in [0.1, 0.15) is 5.75 Å². The van der Waals surface area contributed by atoms with Crippen LogP contribution in [0.4, 0.5) is 0 Å². The fourth-order valence-electron chi connectivity index (χ4n) is 2.41. The Morgan fingerprint density at radius 1 is 1.43 bits per heavy atom. The predicted molar refractivity (Wildman–Crippen MR) is 88.7 cm³/mol. The van der Waals surface area contributed by atoms with Crippen molar-refractivity contribution in [2.24, 2.45) is 11.7 Å². The van der Waals surface area contributed by atoms with Crippen molar-refractivity contribution in [3.05, 3.63) is 28.2 Å². The van der Waals surface area contributed by atoms with Crippen molar-refractivity contribution in [3.8, 4) is 5.75 Å². The highest BCUT2D eigenvalue weighted by Gasteiger charge is 2.22. The van der Waals surface area contributed by atoms with Crippen LogP contribution in [0.2, 0.25) is 0 Å². The van der Waals surface area contributed by atoms with Crippen LogP contribution >= 0.6 is 15.9 Å². The van der Waals surface area contributed by atoms with E-state index in [-0.39, 0.29) is 6.04 Å². The molecule has 21 heavy (non-hydrogen) atoms. The summed E-state index contributed by atoms with van der Waals surface area (Å²) in [5.41, 5.74) is 7.10. The molecule has 2 N–H and O–H groups in total.